The van der Waals surface area contributed by atoms with Crippen LogP contribution in [0.15, 0.2) is 94.0 Å². The summed E-state index contributed by atoms with van der Waals surface area (Å²) in [6.45, 7) is 0. The van der Waals surface area contributed by atoms with E-state index in [9.17, 15) is 9.59 Å². The van der Waals surface area contributed by atoms with Crippen molar-refractivity contribution >= 4 is 34.5 Å². The number of aromatic amines is 1. The summed E-state index contributed by atoms with van der Waals surface area (Å²) in [6, 6.07) is 22.8. The van der Waals surface area contributed by atoms with Gasteiger partial charge in [0.15, 0.2) is 0 Å². The lowest BCUT2D eigenvalue weighted by Gasteiger charge is -2.18. The second-order valence-corrected chi connectivity index (χ2v) is 9.21. The number of hydrogen-bond acceptors (Lipinski definition) is 5. The average molecular weight is 507 g/mol. The Kier molecular flexibility index (Phi) is 6.15. The molecule has 1 atom stereocenters. The first-order chi connectivity index (χ1) is 16.5. The first-order valence-electron chi connectivity index (χ1n) is 10.2. The minimum Gasteiger partial charge on any atom is -0.271 e. The van der Waals surface area contributed by atoms with E-state index in [1.807, 2.05) is 66.0 Å². The van der Waals surface area contributed by atoms with Gasteiger partial charge in [-0.1, -0.05) is 71.7 Å². The van der Waals surface area contributed by atoms with Crippen LogP contribution >= 0.6 is 34.5 Å². The molecular formula is C25H16Cl2N4O2S. The summed E-state index contributed by atoms with van der Waals surface area (Å²) in [6.07, 6.45) is 1.04. The fraction of sp³-hybridized carbons (Fsp3) is 0.0400. The van der Waals surface area contributed by atoms with Gasteiger partial charge in [-0.3, -0.25) is 9.78 Å². The van der Waals surface area contributed by atoms with Gasteiger partial charge in [-0.25, -0.2) is 9.78 Å². The maximum atomic E-state index is 12.2. The SMILES string of the molecule is O=c1cnn(-c2ccc(C(c3ccc(Cl)cc3)c3nc(-c4ccccc4)cs3)c(Cl)c2)c(=O)[nH]1. The van der Waals surface area contributed by atoms with Crippen LogP contribution in [0.5, 0.6) is 0 Å². The normalized spacial score (nSPS) is 11.9. The molecule has 5 rings (SSSR count). The first kappa shape index (κ1) is 22.3. The molecule has 0 fully saturated rings. The van der Waals surface area contributed by atoms with Gasteiger partial charge >= 0.3 is 5.69 Å². The third-order valence-corrected chi connectivity index (χ3v) is 6.78. The predicted molar refractivity (Wildman–Crippen MR) is 135 cm³/mol. The van der Waals surface area contributed by atoms with Gasteiger partial charge in [0.1, 0.15) is 11.2 Å². The number of nitrogens with one attached hydrogen (secondary N) is 1. The fourth-order valence-corrected chi connectivity index (χ4v) is 5.07. The van der Waals surface area contributed by atoms with Crippen molar-refractivity contribution in [1.82, 2.24) is 19.7 Å². The van der Waals surface area contributed by atoms with Crippen molar-refractivity contribution in [3.63, 3.8) is 0 Å². The summed E-state index contributed by atoms with van der Waals surface area (Å²) < 4.78 is 1.09. The number of hydrogen-bond donors (Lipinski definition) is 1. The van der Waals surface area contributed by atoms with Crippen molar-refractivity contribution in [3.8, 4) is 16.9 Å². The Hall–Kier alpha value is -3.52. The molecule has 2 aromatic heterocycles. The molecule has 34 heavy (non-hydrogen) atoms. The molecule has 9 heteroatoms. The fourth-order valence-electron chi connectivity index (χ4n) is 3.69. The van der Waals surface area contributed by atoms with E-state index < -0.39 is 11.2 Å². The number of aromatic nitrogens is 4. The van der Waals surface area contributed by atoms with Crippen molar-refractivity contribution in [3.05, 3.63) is 131 Å². The third-order valence-electron chi connectivity index (χ3n) is 5.29. The lowest BCUT2D eigenvalue weighted by molar-refractivity contribution is 0.749. The lowest BCUT2D eigenvalue weighted by atomic mass is 9.91. The molecule has 2 heterocycles. The molecular weight excluding hydrogens is 491 g/mol. The van der Waals surface area contributed by atoms with E-state index >= 15 is 0 Å². The highest BCUT2D eigenvalue weighted by atomic mass is 35.5. The Balaban J connectivity index is 1.61. The number of halogens is 2. The van der Waals surface area contributed by atoms with Crippen LogP contribution in [0.2, 0.25) is 10.0 Å². The van der Waals surface area contributed by atoms with E-state index in [1.165, 1.54) is 0 Å². The van der Waals surface area contributed by atoms with Gasteiger partial charge in [-0.15, -0.1) is 11.3 Å². The molecule has 0 saturated carbocycles. The molecule has 168 valence electrons. The van der Waals surface area contributed by atoms with Gasteiger partial charge in [-0.05, 0) is 35.4 Å². The van der Waals surface area contributed by atoms with E-state index in [2.05, 4.69) is 10.1 Å². The molecule has 0 spiro atoms. The topological polar surface area (TPSA) is 80.6 Å². The second-order valence-electron chi connectivity index (χ2n) is 7.48. The maximum absolute atomic E-state index is 12.2. The van der Waals surface area contributed by atoms with Crippen LogP contribution in [0, 0.1) is 0 Å². The van der Waals surface area contributed by atoms with E-state index in [0.717, 1.165) is 38.3 Å². The summed E-state index contributed by atoms with van der Waals surface area (Å²) in [7, 11) is 0. The summed E-state index contributed by atoms with van der Waals surface area (Å²) in [5, 5.41) is 7.88. The van der Waals surface area contributed by atoms with Gasteiger partial charge < -0.3 is 0 Å². The molecule has 0 amide bonds. The van der Waals surface area contributed by atoms with Crippen molar-refractivity contribution in [2.45, 2.75) is 5.92 Å². The highest BCUT2D eigenvalue weighted by molar-refractivity contribution is 7.10. The highest BCUT2D eigenvalue weighted by Gasteiger charge is 2.23. The standard InChI is InChI=1S/C25H16Cl2N4O2S/c26-17-8-6-16(7-9-17)23(24-29-21(14-34-24)15-4-2-1-3-5-15)19-11-10-18(12-20(19)27)31-25(33)30-22(32)13-28-31/h1-14,23H,(H,30,32,33). The molecule has 5 aromatic rings. The lowest BCUT2D eigenvalue weighted by Crippen LogP contribution is -2.30. The van der Waals surface area contributed by atoms with Gasteiger partial charge in [0.25, 0.3) is 5.56 Å². The van der Waals surface area contributed by atoms with Crippen LogP contribution in [0.1, 0.15) is 22.1 Å². The summed E-state index contributed by atoms with van der Waals surface area (Å²) in [4.78, 5) is 30.6. The Morgan fingerprint density at radius 1 is 0.941 bits per heavy atom. The maximum Gasteiger partial charge on any atom is 0.349 e. The molecule has 1 N–H and O–H groups in total. The Labute approximate surface area is 208 Å². The Morgan fingerprint density at radius 2 is 1.71 bits per heavy atom. The molecule has 0 aliphatic rings. The van der Waals surface area contributed by atoms with Crippen LogP contribution in [-0.4, -0.2) is 19.7 Å². The summed E-state index contributed by atoms with van der Waals surface area (Å²) in [5.41, 5.74) is 2.95. The monoisotopic (exact) mass is 506 g/mol. The molecule has 0 bridgehead atoms. The molecule has 1 unspecified atom stereocenters. The van der Waals surface area contributed by atoms with Crippen LogP contribution in [0.3, 0.4) is 0 Å². The second kappa shape index (κ2) is 9.38. The molecule has 0 radical (unpaired) electrons. The van der Waals surface area contributed by atoms with Gasteiger partial charge in [0, 0.05) is 21.0 Å². The Bertz CT molecular complexity index is 1580. The van der Waals surface area contributed by atoms with Crippen molar-refractivity contribution in [2.75, 3.05) is 0 Å². The molecule has 3 aromatic carbocycles. The number of thiazole rings is 1. The molecule has 0 saturated heterocycles. The van der Waals surface area contributed by atoms with Crippen molar-refractivity contribution in [2.24, 2.45) is 0 Å². The largest absolute Gasteiger partial charge is 0.349 e. The van der Waals surface area contributed by atoms with Crippen LogP contribution in [0.25, 0.3) is 16.9 Å². The van der Waals surface area contributed by atoms with Gasteiger partial charge in [-0.2, -0.15) is 9.78 Å². The molecule has 0 aliphatic carbocycles. The van der Waals surface area contributed by atoms with Gasteiger partial charge in [0.2, 0.25) is 0 Å². The quantitative estimate of drug-likeness (QED) is 0.339. The molecule has 6 nitrogen and oxygen atoms in total. The van der Waals surface area contributed by atoms with Crippen LogP contribution < -0.4 is 11.2 Å². The van der Waals surface area contributed by atoms with E-state index in [1.54, 1.807) is 23.5 Å². The third kappa shape index (κ3) is 4.46. The first-order valence-corrected chi connectivity index (χ1v) is 11.9. The molecule has 0 aliphatic heterocycles. The van der Waals surface area contributed by atoms with Crippen LogP contribution in [-0.2, 0) is 0 Å². The van der Waals surface area contributed by atoms with E-state index in [-0.39, 0.29) is 5.92 Å². The summed E-state index contributed by atoms with van der Waals surface area (Å²) >= 11 is 14.4. The zero-order chi connectivity index (χ0) is 23.7. The summed E-state index contributed by atoms with van der Waals surface area (Å²) in [5.74, 6) is -0.249. The zero-order valence-corrected chi connectivity index (χ0v) is 19.8. The van der Waals surface area contributed by atoms with E-state index in [4.69, 9.17) is 28.2 Å². The minimum absolute atomic E-state index is 0.249. The number of benzene rings is 3. The average Bonchev–Trinajstić information content (AvgIpc) is 3.32. The van der Waals surface area contributed by atoms with Crippen LogP contribution in [0.4, 0.5) is 0 Å². The zero-order valence-electron chi connectivity index (χ0n) is 17.5. The smallest absolute Gasteiger partial charge is 0.271 e. The highest BCUT2D eigenvalue weighted by Crippen LogP contribution is 2.39. The number of H-pyrrole nitrogens is 1. The number of rotatable bonds is 5. The van der Waals surface area contributed by atoms with E-state index in [0.29, 0.717) is 15.7 Å². The predicted octanol–water partition coefficient (Wildman–Crippen LogP) is 5.53. The Morgan fingerprint density at radius 3 is 2.41 bits per heavy atom. The van der Waals surface area contributed by atoms with Gasteiger partial charge in [0.05, 0.1) is 17.3 Å². The minimum atomic E-state index is -0.641. The number of nitrogens with zero attached hydrogens (tertiary/aromatic N) is 3. The van der Waals surface area contributed by atoms with Crippen molar-refractivity contribution in [1.29, 1.82) is 0 Å². The van der Waals surface area contributed by atoms with Crippen molar-refractivity contribution < 1.29 is 0 Å².